The topological polar surface area (TPSA) is 17.1 Å². The lowest BCUT2D eigenvalue weighted by Crippen LogP contribution is -2.16. The molecule has 3 rings (SSSR count). The van der Waals surface area contributed by atoms with E-state index < -0.39 is 0 Å². The molecule has 0 aliphatic carbocycles. The number of benzene rings is 1. The van der Waals surface area contributed by atoms with E-state index in [2.05, 4.69) is 19.9 Å². The van der Waals surface area contributed by atoms with E-state index in [1.54, 1.807) is 23.1 Å². The maximum atomic E-state index is 12.3. The molecule has 0 atom stereocenters. The molecule has 17 heavy (non-hydrogen) atoms. The largest absolute Gasteiger partial charge is 0.288 e. The van der Waals surface area contributed by atoms with Crippen molar-refractivity contribution >= 4 is 39.3 Å². The van der Waals surface area contributed by atoms with Crippen molar-refractivity contribution < 1.29 is 0 Å². The van der Waals surface area contributed by atoms with Crippen molar-refractivity contribution in [3.8, 4) is 0 Å². The summed E-state index contributed by atoms with van der Waals surface area (Å²) in [4.78, 5) is 12.3. The van der Waals surface area contributed by atoms with Crippen molar-refractivity contribution in [1.29, 1.82) is 0 Å². The Hall–Kier alpha value is -1.06. The smallest absolute Gasteiger partial charge is 0.196 e. The number of fused-ring (bicyclic) bond motifs is 2. The summed E-state index contributed by atoms with van der Waals surface area (Å²) in [5.74, 6) is 0. The zero-order chi connectivity index (χ0) is 12.0. The van der Waals surface area contributed by atoms with Gasteiger partial charge in [0.2, 0.25) is 0 Å². The van der Waals surface area contributed by atoms with E-state index in [-0.39, 0.29) is 10.2 Å². The van der Waals surface area contributed by atoms with Crippen LogP contribution in [-0.2, 0) is 0 Å². The Labute approximate surface area is 108 Å². The monoisotopic (exact) mass is 260 g/mol. The fraction of sp³-hybridized carbons (Fsp3) is 0.214. The highest BCUT2D eigenvalue weighted by Gasteiger charge is 2.24. The molecule has 2 aromatic rings. The predicted octanol–water partition coefficient (Wildman–Crippen LogP) is 4.16. The van der Waals surface area contributed by atoms with E-state index in [1.165, 1.54) is 0 Å². The normalized spacial score (nSPS) is 17.1. The molecule has 0 fully saturated rings. The minimum absolute atomic E-state index is 0.0817. The quantitative estimate of drug-likeness (QED) is 0.707. The third kappa shape index (κ3) is 1.83. The molecule has 1 aromatic carbocycles. The molecule has 3 heteroatoms. The number of hydrogen-bond donors (Lipinski definition) is 0. The molecule has 1 aliphatic rings. The average molecular weight is 260 g/mol. The molecule has 0 amide bonds. The molecule has 0 spiro atoms. The summed E-state index contributed by atoms with van der Waals surface area (Å²) in [5.41, 5.74) is 1.02. The number of thioether (sulfide) groups is 1. The van der Waals surface area contributed by atoms with E-state index in [0.717, 1.165) is 19.9 Å². The molecule has 86 valence electrons. The number of hydrogen-bond acceptors (Lipinski definition) is 3. The molecule has 1 aromatic heterocycles. The van der Waals surface area contributed by atoms with Gasteiger partial charge in [0, 0.05) is 20.4 Å². The molecule has 0 radical (unpaired) electrons. The van der Waals surface area contributed by atoms with Crippen LogP contribution in [-0.4, -0.2) is 4.75 Å². The number of rotatable bonds is 0. The summed E-state index contributed by atoms with van der Waals surface area (Å²) in [7, 11) is 0. The van der Waals surface area contributed by atoms with Crippen molar-refractivity contribution in [2.45, 2.75) is 22.8 Å². The van der Waals surface area contributed by atoms with E-state index in [0.29, 0.717) is 0 Å². The van der Waals surface area contributed by atoms with Gasteiger partial charge in [0.05, 0.1) is 4.21 Å². The van der Waals surface area contributed by atoms with Gasteiger partial charge in [0.15, 0.2) is 5.43 Å². The van der Waals surface area contributed by atoms with Crippen LogP contribution in [0.3, 0.4) is 0 Å². The van der Waals surface area contributed by atoms with Gasteiger partial charge >= 0.3 is 0 Å². The molecule has 0 saturated carbocycles. The average Bonchev–Trinajstić information content (AvgIpc) is 2.27. The third-order valence-corrected chi connectivity index (χ3v) is 5.35. The fourth-order valence-electron chi connectivity index (χ4n) is 1.91. The van der Waals surface area contributed by atoms with E-state index >= 15 is 0 Å². The molecule has 0 saturated heterocycles. The van der Waals surface area contributed by atoms with Crippen molar-refractivity contribution in [2.24, 2.45) is 0 Å². The maximum Gasteiger partial charge on any atom is 0.196 e. The van der Waals surface area contributed by atoms with Crippen molar-refractivity contribution in [3.63, 3.8) is 0 Å². The second-order valence-corrected chi connectivity index (χ2v) is 7.64. The fourth-order valence-corrected chi connectivity index (χ4v) is 4.77. The lowest BCUT2D eigenvalue weighted by Gasteiger charge is -2.24. The van der Waals surface area contributed by atoms with Crippen LogP contribution in [0.25, 0.3) is 16.2 Å². The first-order valence-corrected chi connectivity index (χ1v) is 7.14. The summed E-state index contributed by atoms with van der Waals surface area (Å²) in [5, 5.41) is 0.834. The molecule has 2 heterocycles. The van der Waals surface area contributed by atoms with Crippen LogP contribution in [0, 0.1) is 0 Å². The van der Waals surface area contributed by atoms with Crippen LogP contribution in [0.15, 0.2) is 39.3 Å². The minimum atomic E-state index is 0.0817. The molecule has 1 nitrogen and oxygen atoms in total. The summed E-state index contributed by atoms with van der Waals surface area (Å²) >= 11 is 3.49. The predicted molar refractivity (Wildman–Crippen MR) is 77.1 cm³/mol. The van der Waals surface area contributed by atoms with Gasteiger partial charge in [-0.2, -0.15) is 0 Å². The Morgan fingerprint density at radius 2 is 1.94 bits per heavy atom. The summed E-state index contributed by atoms with van der Waals surface area (Å²) < 4.78 is 2.30. The van der Waals surface area contributed by atoms with Gasteiger partial charge in [-0.15, -0.1) is 23.1 Å². The van der Waals surface area contributed by atoms with Gasteiger partial charge < -0.3 is 0 Å². The first-order valence-electron chi connectivity index (χ1n) is 5.51. The van der Waals surface area contributed by atoms with Crippen LogP contribution in [0.4, 0.5) is 0 Å². The van der Waals surface area contributed by atoms with Crippen LogP contribution in [0.2, 0.25) is 0 Å². The Morgan fingerprint density at radius 3 is 2.76 bits per heavy atom. The van der Waals surface area contributed by atoms with Crippen LogP contribution in [0.5, 0.6) is 0 Å². The van der Waals surface area contributed by atoms with Gasteiger partial charge in [-0.3, -0.25) is 4.79 Å². The Balaban J connectivity index is 2.36. The van der Waals surface area contributed by atoms with Gasteiger partial charge in [-0.1, -0.05) is 24.3 Å². The van der Waals surface area contributed by atoms with Crippen molar-refractivity contribution in [2.75, 3.05) is 0 Å². The standard InChI is InChI=1S/C14H12OS2/c1-14(2)8-7-10-12(15)9-5-3-4-6-11(9)16-13(10)17-14/h3-8H,1-2H3. The van der Waals surface area contributed by atoms with Crippen LogP contribution in [0.1, 0.15) is 19.4 Å². The van der Waals surface area contributed by atoms with Gasteiger partial charge in [-0.05, 0) is 26.0 Å². The highest BCUT2D eigenvalue weighted by molar-refractivity contribution is 8.02. The first-order chi connectivity index (χ1) is 8.07. The SMILES string of the molecule is CC1(C)C=Cc2c(sc3ccccc3c2=O)S1. The van der Waals surface area contributed by atoms with Gasteiger partial charge in [0.25, 0.3) is 0 Å². The van der Waals surface area contributed by atoms with Crippen LogP contribution >= 0.6 is 23.1 Å². The minimum Gasteiger partial charge on any atom is -0.288 e. The van der Waals surface area contributed by atoms with E-state index in [4.69, 9.17) is 0 Å². The summed E-state index contributed by atoms with van der Waals surface area (Å²) in [6, 6.07) is 7.84. The second-order valence-electron chi connectivity index (χ2n) is 4.67. The van der Waals surface area contributed by atoms with Crippen LogP contribution < -0.4 is 5.43 Å². The third-order valence-electron chi connectivity index (χ3n) is 2.81. The molecule has 0 unspecified atom stereocenters. The molecule has 0 bridgehead atoms. The summed E-state index contributed by atoms with van der Waals surface area (Å²) in [6.07, 6.45) is 4.10. The van der Waals surface area contributed by atoms with E-state index in [1.807, 2.05) is 30.3 Å². The van der Waals surface area contributed by atoms with Crippen molar-refractivity contribution in [3.05, 3.63) is 46.1 Å². The summed E-state index contributed by atoms with van der Waals surface area (Å²) in [6.45, 7) is 4.34. The Bertz CT molecular complexity index is 680. The maximum absolute atomic E-state index is 12.3. The highest BCUT2D eigenvalue weighted by Crippen LogP contribution is 2.43. The zero-order valence-electron chi connectivity index (χ0n) is 9.69. The molecule has 0 N–H and O–H groups in total. The molecular weight excluding hydrogens is 248 g/mol. The lowest BCUT2D eigenvalue weighted by atomic mass is 10.1. The Morgan fingerprint density at radius 1 is 1.18 bits per heavy atom. The zero-order valence-corrected chi connectivity index (χ0v) is 11.3. The molecule has 1 aliphatic heterocycles. The second kappa shape index (κ2) is 3.72. The molecular formula is C14H12OS2. The lowest BCUT2D eigenvalue weighted by molar-refractivity contribution is 0.899. The van der Waals surface area contributed by atoms with Crippen molar-refractivity contribution in [1.82, 2.24) is 0 Å². The Kier molecular flexibility index (Phi) is 2.42. The van der Waals surface area contributed by atoms with Gasteiger partial charge in [0.1, 0.15) is 0 Å². The highest BCUT2D eigenvalue weighted by atomic mass is 32.2. The first kappa shape index (κ1) is 11.1. The van der Waals surface area contributed by atoms with Gasteiger partial charge in [-0.25, -0.2) is 0 Å². The van der Waals surface area contributed by atoms with E-state index in [9.17, 15) is 4.79 Å².